The topological polar surface area (TPSA) is 144 Å². The van der Waals surface area contributed by atoms with E-state index >= 15 is 0 Å². The highest BCUT2D eigenvalue weighted by Gasteiger charge is 2.17. The average molecular weight is 501 g/mol. The summed E-state index contributed by atoms with van der Waals surface area (Å²) in [5.74, 6) is 2.22. The van der Waals surface area contributed by atoms with E-state index in [0.717, 1.165) is 16.8 Å². The quantitative estimate of drug-likeness (QED) is 0.203. The van der Waals surface area contributed by atoms with Crippen molar-refractivity contribution in [2.45, 2.75) is 6.92 Å². The molecule has 37 heavy (non-hydrogen) atoms. The van der Waals surface area contributed by atoms with Gasteiger partial charge in [0.05, 0.1) is 24.4 Å². The number of nitrogens with zero attached hydrogens (tertiary/aromatic N) is 6. The summed E-state index contributed by atoms with van der Waals surface area (Å²) in [5.41, 5.74) is 5.60. The number of aryl methyl sites for hydroxylation is 1. The molecule has 0 saturated carbocycles. The molecule has 0 radical (unpaired) electrons. The first-order chi connectivity index (χ1) is 18.0. The van der Waals surface area contributed by atoms with Crippen molar-refractivity contribution in [3.63, 3.8) is 0 Å². The van der Waals surface area contributed by atoms with Crippen LogP contribution in [0.25, 0.3) is 11.3 Å². The Kier molecular flexibility index (Phi) is 6.99. The molecule has 12 nitrogen and oxygen atoms in total. The third-order valence-corrected chi connectivity index (χ3v) is 5.57. The van der Waals surface area contributed by atoms with E-state index in [4.69, 9.17) is 9.15 Å². The van der Waals surface area contributed by atoms with Crippen molar-refractivity contribution in [1.29, 1.82) is 0 Å². The normalized spacial score (nSPS) is 13.6. The summed E-state index contributed by atoms with van der Waals surface area (Å²) in [5, 5.41) is 18.3. The molecule has 0 unspecified atom stereocenters. The van der Waals surface area contributed by atoms with Crippen LogP contribution < -0.4 is 15.6 Å². The van der Waals surface area contributed by atoms with Crippen molar-refractivity contribution in [2.24, 2.45) is 5.10 Å². The van der Waals surface area contributed by atoms with Crippen molar-refractivity contribution < 1.29 is 14.1 Å². The fourth-order valence-electron chi connectivity index (χ4n) is 3.62. The Balaban J connectivity index is 1.32. The van der Waals surface area contributed by atoms with Gasteiger partial charge in [0, 0.05) is 36.5 Å². The standard InChI is InChI=1S/C25H24N8O4/c1-17-2-6-19(7-3-17)27-23-28-24(30-25(29-23)32-12-14-36-15-13-32)31-26-16-21-10-11-22(37-21)18-4-8-20(9-5-18)33(34)35/h2-11,16H,12-15H2,1H3,(H2,27,28,29,30,31)/b26-16-. The van der Waals surface area contributed by atoms with Gasteiger partial charge in [-0.2, -0.15) is 20.1 Å². The number of rotatable bonds is 8. The highest BCUT2D eigenvalue weighted by atomic mass is 16.6. The highest BCUT2D eigenvalue weighted by molar-refractivity contribution is 5.78. The van der Waals surface area contributed by atoms with Gasteiger partial charge in [-0.15, -0.1) is 0 Å². The van der Waals surface area contributed by atoms with Gasteiger partial charge in [0.25, 0.3) is 5.69 Å². The van der Waals surface area contributed by atoms with Crippen LogP contribution in [0.15, 0.2) is 70.2 Å². The van der Waals surface area contributed by atoms with Crippen LogP contribution in [0.4, 0.5) is 29.2 Å². The number of nitro groups is 1. The molecule has 5 rings (SSSR count). The van der Waals surface area contributed by atoms with E-state index in [0.29, 0.717) is 49.7 Å². The molecule has 0 aliphatic carbocycles. The van der Waals surface area contributed by atoms with E-state index in [1.165, 1.54) is 18.3 Å². The molecule has 0 atom stereocenters. The zero-order valence-corrected chi connectivity index (χ0v) is 20.0. The van der Waals surface area contributed by atoms with Gasteiger partial charge in [0.2, 0.25) is 17.8 Å². The van der Waals surface area contributed by atoms with Crippen molar-refractivity contribution in [3.05, 3.63) is 82.1 Å². The Morgan fingerprint density at radius 1 is 0.973 bits per heavy atom. The number of hydrogen-bond acceptors (Lipinski definition) is 11. The van der Waals surface area contributed by atoms with Crippen LogP contribution in [-0.2, 0) is 4.74 Å². The van der Waals surface area contributed by atoms with Gasteiger partial charge in [-0.1, -0.05) is 17.7 Å². The van der Waals surface area contributed by atoms with Gasteiger partial charge in [-0.25, -0.2) is 5.43 Å². The predicted octanol–water partition coefficient (Wildman–Crippen LogP) is 4.37. The van der Waals surface area contributed by atoms with Crippen LogP contribution in [-0.4, -0.2) is 52.4 Å². The molecule has 1 fully saturated rings. The van der Waals surface area contributed by atoms with Gasteiger partial charge in [-0.05, 0) is 43.3 Å². The molecular weight excluding hydrogens is 476 g/mol. The lowest BCUT2D eigenvalue weighted by Crippen LogP contribution is -2.37. The van der Waals surface area contributed by atoms with Gasteiger partial charge < -0.3 is 19.4 Å². The smallest absolute Gasteiger partial charge is 0.269 e. The summed E-state index contributed by atoms with van der Waals surface area (Å²) in [4.78, 5) is 26.0. The van der Waals surface area contributed by atoms with Crippen LogP contribution in [0.5, 0.6) is 0 Å². The van der Waals surface area contributed by atoms with Crippen LogP contribution in [0.1, 0.15) is 11.3 Å². The number of ether oxygens (including phenoxy) is 1. The van der Waals surface area contributed by atoms with E-state index < -0.39 is 4.92 Å². The second-order valence-electron chi connectivity index (χ2n) is 8.25. The summed E-state index contributed by atoms with van der Waals surface area (Å²) in [7, 11) is 0. The molecule has 1 aliphatic rings. The number of nitrogens with one attached hydrogen (secondary N) is 2. The largest absolute Gasteiger partial charge is 0.455 e. The molecule has 3 heterocycles. The molecule has 188 valence electrons. The number of nitro benzene ring substituents is 1. The molecule has 1 aliphatic heterocycles. The maximum absolute atomic E-state index is 10.9. The maximum atomic E-state index is 10.9. The summed E-state index contributed by atoms with van der Waals surface area (Å²) >= 11 is 0. The monoisotopic (exact) mass is 500 g/mol. The summed E-state index contributed by atoms with van der Waals surface area (Å²) in [6.45, 7) is 4.58. The number of benzene rings is 2. The van der Waals surface area contributed by atoms with Crippen LogP contribution in [0, 0.1) is 17.0 Å². The molecule has 2 aromatic heterocycles. The lowest BCUT2D eigenvalue weighted by molar-refractivity contribution is -0.384. The molecule has 0 amide bonds. The van der Waals surface area contributed by atoms with E-state index in [1.807, 2.05) is 36.1 Å². The van der Waals surface area contributed by atoms with E-state index in [-0.39, 0.29) is 11.6 Å². The highest BCUT2D eigenvalue weighted by Crippen LogP contribution is 2.24. The zero-order chi connectivity index (χ0) is 25.6. The average Bonchev–Trinajstić information content (AvgIpc) is 3.39. The van der Waals surface area contributed by atoms with Gasteiger partial charge >= 0.3 is 0 Å². The molecule has 2 N–H and O–H groups in total. The molecule has 1 saturated heterocycles. The number of aromatic nitrogens is 3. The molecule has 4 aromatic rings. The lowest BCUT2D eigenvalue weighted by Gasteiger charge is -2.27. The fourth-order valence-corrected chi connectivity index (χ4v) is 3.62. The predicted molar refractivity (Wildman–Crippen MR) is 139 cm³/mol. The van der Waals surface area contributed by atoms with Gasteiger partial charge in [0.1, 0.15) is 11.5 Å². The minimum Gasteiger partial charge on any atom is -0.455 e. The zero-order valence-electron chi connectivity index (χ0n) is 20.0. The SMILES string of the molecule is Cc1ccc(Nc2nc(N/N=C\c3ccc(-c4ccc([N+](=O)[O-])cc4)o3)nc(N3CCOCC3)n2)cc1. The second-order valence-corrected chi connectivity index (χ2v) is 8.25. The summed E-state index contributed by atoms with van der Waals surface area (Å²) in [6.07, 6.45) is 1.50. The number of non-ortho nitro benzene ring substituents is 1. The minimum atomic E-state index is -0.441. The van der Waals surface area contributed by atoms with E-state index in [2.05, 4.69) is 30.8 Å². The van der Waals surface area contributed by atoms with Crippen LogP contribution >= 0.6 is 0 Å². The van der Waals surface area contributed by atoms with E-state index in [1.54, 1.807) is 24.3 Å². The number of anilines is 4. The molecular formula is C25H24N8O4. The lowest BCUT2D eigenvalue weighted by atomic mass is 10.1. The molecule has 2 aromatic carbocycles. The van der Waals surface area contributed by atoms with Crippen molar-refractivity contribution in [2.75, 3.05) is 41.9 Å². The number of furan rings is 1. The fraction of sp³-hybridized carbons (Fsp3) is 0.200. The van der Waals surface area contributed by atoms with E-state index in [9.17, 15) is 10.1 Å². The Morgan fingerprint density at radius 2 is 1.70 bits per heavy atom. The van der Waals surface area contributed by atoms with Gasteiger partial charge in [-0.3, -0.25) is 10.1 Å². The first-order valence-electron chi connectivity index (χ1n) is 11.6. The number of hydrogen-bond donors (Lipinski definition) is 2. The van der Waals surface area contributed by atoms with Gasteiger partial charge in [0.15, 0.2) is 0 Å². The Hall–Kier alpha value is -4.84. The van der Waals surface area contributed by atoms with Crippen LogP contribution in [0.3, 0.4) is 0 Å². The first-order valence-corrected chi connectivity index (χ1v) is 11.6. The Morgan fingerprint density at radius 3 is 2.43 bits per heavy atom. The van der Waals surface area contributed by atoms with Crippen molar-refractivity contribution in [3.8, 4) is 11.3 Å². The third-order valence-electron chi connectivity index (χ3n) is 5.57. The first kappa shape index (κ1) is 23.9. The molecule has 12 heteroatoms. The Bertz CT molecular complexity index is 1400. The number of morpholine rings is 1. The third kappa shape index (κ3) is 6.05. The maximum Gasteiger partial charge on any atom is 0.269 e. The second kappa shape index (κ2) is 10.8. The molecule has 0 spiro atoms. The Labute approximate surface area is 212 Å². The summed E-state index contributed by atoms with van der Waals surface area (Å²) in [6, 6.07) is 17.6. The van der Waals surface area contributed by atoms with Crippen molar-refractivity contribution in [1.82, 2.24) is 15.0 Å². The molecule has 0 bridgehead atoms. The summed E-state index contributed by atoms with van der Waals surface area (Å²) < 4.78 is 11.2. The van der Waals surface area contributed by atoms with Crippen LogP contribution in [0.2, 0.25) is 0 Å². The number of hydrazone groups is 1. The minimum absolute atomic E-state index is 0.0197. The van der Waals surface area contributed by atoms with Crippen molar-refractivity contribution >= 4 is 35.4 Å².